The summed E-state index contributed by atoms with van der Waals surface area (Å²) in [5.41, 5.74) is 3.78. The molecular formula is C24H28N4O4. The molecule has 3 rings (SSSR count). The van der Waals surface area contributed by atoms with E-state index >= 15 is 0 Å². The molecule has 0 radical (unpaired) electrons. The van der Waals surface area contributed by atoms with Crippen LogP contribution in [0.3, 0.4) is 0 Å². The molecule has 1 aromatic carbocycles. The molecule has 32 heavy (non-hydrogen) atoms. The number of rotatable bonds is 5. The second kappa shape index (κ2) is 10.8. The molecule has 2 aromatic rings. The van der Waals surface area contributed by atoms with E-state index in [1.807, 2.05) is 43.3 Å². The highest BCUT2D eigenvalue weighted by atomic mass is 16.3. The number of nitrogens with one attached hydrogen (secondary N) is 1. The molecule has 1 aromatic heterocycles. The standard InChI is InChI=1S/C24H28N4O4/c1-17-3-4-20(15-25-17)6-5-19-7-9-21(10-8-19)27-11-13-28(14-12-27)24(32)26-23(18(2)30)22(31)16-29/h3-4,7-10,15,18,23,29-30H,11-14,16H2,1-2H3,(H,26,32)/t18-,23+/m1/s1. The number of aliphatic hydroxyl groups excluding tert-OH is 2. The van der Waals surface area contributed by atoms with Gasteiger partial charge in [0.25, 0.3) is 0 Å². The van der Waals surface area contributed by atoms with Gasteiger partial charge in [0.15, 0.2) is 5.78 Å². The van der Waals surface area contributed by atoms with E-state index < -0.39 is 30.6 Å². The Balaban J connectivity index is 1.54. The first-order valence-corrected chi connectivity index (χ1v) is 10.5. The zero-order valence-electron chi connectivity index (χ0n) is 18.3. The van der Waals surface area contributed by atoms with Crippen molar-refractivity contribution in [3.8, 4) is 11.8 Å². The van der Waals surface area contributed by atoms with Gasteiger partial charge in [-0.3, -0.25) is 9.78 Å². The average molecular weight is 437 g/mol. The molecule has 0 aliphatic carbocycles. The van der Waals surface area contributed by atoms with E-state index in [-0.39, 0.29) is 0 Å². The maximum absolute atomic E-state index is 12.5. The number of aliphatic hydroxyl groups is 2. The minimum absolute atomic E-state index is 0.423. The number of Topliss-reactive ketones (excluding diaryl/α,β-unsaturated/α-hetero) is 1. The molecule has 1 fully saturated rings. The van der Waals surface area contributed by atoms with E-state index in [0.717, 1.165) is 22.5 Å². The lowest BCUT2D eigenvalue weighted by molar-refractivity contribution is -0.125. The fourth-order valence-electron chi connectivity index (χ4n) is 3.40. The Morgan fingerprint density at radius 1 is 1.06 bits per heavy atom. The number of hydrogen-bond acceptors (Lipinski definition) is 6. The highest BCUT2D eigenvalue weighted by Gasteiger charge is 2.28. The topological polar surface area (TPSA) is 106 Å². The largest absolute Gasteiger partial charge is 0.391 e. The Morgan fingerprint density at radius 2 is 1.69 bits per heavy atom. The number of aromatic nitrogens is 1. The van der Waals surface area contributed by atoms with Gasteiger partial charge in [0.2, 0.25) is 0 Å². The molecule has 2 heterocycles. The van der Waals surface area contributed by atoms with Crippen LogP contribution >= 0.6 is 0 Å². The summed E-state index contributed by atoms with van der Waals surface area (Å²) in [6.45, 7) is 4.85. The molecule has 2 amide bonds. The van der Waals surface area contributed by atoms with Crippen LogP contribution < -0.4 is 10.2 Å². The third kappa shape index (κ3) is 6.06. The van der Waals surface area contributed by atoms with Gasteiger partial charge in [0, 0.05) is 54.9 Å². The number of benzene rings is 1. The molecule has 0 saturated carbocycles. The summed E-state index contributed by atoms with van der Waals surface area (Å²) < 4.78 is 0. The monoisotopic (exact) mass is 436 g/mol. The average Bonchev–Trinajstić information content (AvgIpc) is 2.82. The molecular weight excluding hydrogens is 408 g/mol. The number of piperazine rings is 1. The normalized spacial score (nSPS) is 15.4. The van der Waals surface area contributed by atoms with Crippen molar-refractivity contribution < 1.29 is 19.8 Å². The SMILES string of the molecule is Cc1ccc(C#Cc2ccc(N3CCN(C(=O)N[C@H](C(=O)CO)[C@@H](C)O)CC3)cc2)cn1. The highest BCUT2D eigenvalue weighted by Crippen LogP contribution is 2.17. The van der Waals surface area contributed by atoms with Crippen LogP contribution in [0.25, 0.3) is 0 Å². The van der Waals surface area contributed by atoms with Crippen molar-refractivity contribution in [1.29, 1.82) is 0 Å². The second-order valence-electron chi connectivity index (χ2n) is 7.75. The van der Waals surface area contributed by atoms with Crippen LogP contribution in [0.2, 0.25) is 0 Å². The van der Waals surface area contributed by atoms with Gasteiger partial charge >= 0.3 is 6.03 Å². The number of pyridine rings is 1. The van der Waals surface area contributed by atoms with Gasteiger partial charge in [-0.05, 0) is 50.2 Å². The van der Waals surface area contributed by atoms with Crippen molar-refractivity contribution in [3.05, 3.63) is 59.4 Å². The molecule has 8 heteroatoms. The molecule has 3 N–H and O–H groups in total. The maximum Gasteiger partial charge on any atom is 0.318 e. The van der Waals surface area contributed by atoms with Crippen LogP contribution in [0.15, 0.2) is 42.6 Å². The van der Waals surface area contributed by atoms with Gasteiger partial charge in [0.1, 0.15) is 12.6 Å². The fraction of sp³-hybridized carbons (Fsp3) is 0.375. The molecule has 0 spiro atoms. The molecule has 1 aliphatic heterocycles. The maximum atomic E-state index is 12.5. The number of carbonyl (C=O) groups excluding carboxylic acids is 2. The van der Waals surface area contributed by atoms with Gasteiger partial charge in [0.05, 0.1) is 6.10 Å². The molecule has 0 bridgehead atoms. The smallest absolute Gasteiger partial charge is 0.318 e. The van der Waals surface area contributed by atoms with Crippen LogP contribution in [0.4, 0.5) is 10.5 Å². The first kappa shape index (κ1) is 23.3. The van der Waals surface area contributed by atoms with Gasteiger partial charge in [-0.15, -0.1) is 0 Å². The second-order valence-corrected chi connectivity index (χ2v) is 7.75. The summed E-state index contributed by atoms with van der Waals surface area (Å²) >= 11 is 0. The third-order valence-corrected chi connectivity index (χ3v) is 5.33. The Morgan fingerprint density at radius 3 is 2.25 bits per heavy atom. The summed E-state index contributed by atoms with van der Waals surface area (Å²) in [5.74, 6) is 5.63. The number of anilines is 1. The van der Waals surface area contributed by atoms with Crippen molar-refractivity contribution in [2.75, 3.05) is 37.7 Å². The summed E-state index contributed by atoms with van der Waals surface area (Å²) in [5, 5.41) is 21.2. The van der Waals surface area contributed by atoms with Crippen molar-refractivity contribution >= 4 is 17.5 Å². The highest BCUT2D eigenvalue weighted by molar-refractivity contribution is 5.89. The van der Waals surface area contributed by atoms with Crippen molar-refractivity contribution in [2.45, 2.75) is 26.0 Å². The lowest BCUT2D eigenvalue weighted by atomic mass is 10.1. The van der Waals surface area contributed by atoms with E-state index in [9.17, 15) is 14.7 Å². The van der Waals surface area contributed by atoms with Crippen LogP contribution in [0.5, 0.6) is 0 Å². The Labute approximate surface area is 187 Å². The predicted molar refractivity (Wildman–Crippen MR) is 121 cm³/mol. The van der Waals surface area contributed by atoms with Crippen LogP contribution in [0, 0.1) is 18.8 Å². The van der Waals surface area contributed by atoms with Gasteiger partial charge in [-0.2, -0.15) is 0 Å². The minimum atomic E-state index is -1.12. The number of carbonyl (C=O) groups is 2. The summed E-state index contributed by atoms with van der Waals surface area (Å²) in [6, 6.07) is 10.3. The number of aryl methyl sites for hydroxylation is 1. The van der Waals surface area contributed by atoms with Crippen LogP contribution in [-0.4, -0.2) is 76.8 Å². The van der Waals surface area contributed by atoms with E-state index in [1.54, 1.807) is 11.1 Å². The first-order valence-electron chi connectivity index (χ1n) is 10.5. The number of nitrogens with zero attached hydrogens (tertiary/aromatic N) is 3. The van der Waals surface area contributed by atoms with Crippen molar-refractivity contribution in [1.82, 2.24) is 15.2 Å². The van der Waals surface area contributed by atoms with Crippen LogP contribution in [0.1, 0.15) is 23.7 Å². The van der Waals surface area contributed by atoms with Gasteiger partial charge < -0.3 is 25.3 Å². The molecule has 1 saturated heterocycles. The molecule has 168 valence electrons. The zero-order chi connectivity index (χ0) is 23.1. The van der Waals surface area contributed by atoms with E-state index in [0.29, 0.717) is 26.2 Å². The van der Waals surface area contributed by atoms with E-state index in [1.165, 1.54) is 6.92 Å². The van der Waals surface area contributed by atoms with Gasteiger partial charge in [-0.1, -0.05) is 11.8 Å². The lowest BCUT2D eigenvalue weighted by Gasteiger charge is -2.36. The Bertz CT molecular complexity index is 985. The van der Waals surface area contributed by atoms with Crippen molar-refractivity contribution in [2.24, 2.45) is 0 Å². The lowest BCUT2D eigenvalue weighted by Crippen LogP contribution is -2.57. The molecule has 1 aliphatic rings. The first-order chi connectivity index (χ1) is 15.4. The van der Waals surface area contributed by atoms with E-state index in [2.05, 4.69) is 27.0 Å². The number of ketones is 1. The molecule has 2 atom stereocenters. The van der Waals surface area contributed by atoms with E-state index in [4.69, 9.17) is 5.11 Å². The third-order valence-electron chi connectivity index (χ3n) is 5.33. The minimum Gasteiger partial charge on any atom is -0.391 e. The number of hydrogen-bond donors (Lipinski definition) is 3. The quantitative estimate of drug-likeness (QED) is 0.603. The summed E-state index contributed by atoms with van der Waals surface area (Å²) in [6.07, 6.45) is 0.680. The zero-order valence-corrected chi connectivity index (χ0v) is 18.3. The van der Waals surface area contributed by atoms with Crippen molar-refractivity contribution in [3.63, 3.8) is 0 Å². The fourth-order valence-corrected chi connectivity index (χ4v) is 3.40. The Kier molecular flexibility index (Phi) is 7.82. The summed E-state index contributed by atoms with van der Waals surface area (Å²) in [7, 11) is 0. The summed E-state index contributed by atoms with van der Waals surface area (Å²) in [4.78, 5) is 32.2. The van der Waals surface area contributed by atoms with Crippen LogP contribution in [-0.2, 0) is 4.79 Å². The number of amides is 2. The molecule has 8 nitrogen and oxygen atoms in total. The number of urea groups is 1. The Hall–Kier alpha value is -3.41. The predicted octanol–water partition coefficient (Wildman–Crippen LogP) is 0.932. The van der Waals surface area contributed by atoms with Gasteiger partial charge in [-0.25, -0.2) is 4.79 Å². The molecule has 0 unspecified atom stereocenters.